The van der Waals surface area contributed by atoms with E-state index in [4.69, 9.17) is 5.11 Å². The minimum absolute atomic E-state index is 0.0315. The van der Waals surface area contributed by atoms with Crippen molar-refractivity contribution in [1.82, 2.24) is 0 Å². The van der Waals surface area contributed by atoms with Gasteiger partial charge in [0.15, 0.2) is 10.2 Å². The summed E-state index contributed by atoms with van der Waals surface area (Å²) in [4.78, 5) is 59.0. The SMILES string of the molecule is CC(=O)SCC(CCc1ccccc1)C(=O)N(CC(=O)O)c1ccccc1.CC(=O)SCC(CCc1ccccc1)C(=O)O. The number of aliphatic carboxylic acids is 2. The monoisotopic (exact) mass is 637 g/mol. The Balaban J connectivity index is 0.000000342. The third-order valence-corrected chi connectivity index (χ3v) is 8.50. The highest BCUT2D eigenvalue weighted by atomic mass is 32.2. The maximum Gasteiger partial charge on any atom is 0.323 e. The molecular formula is C34H39NO7S2. The topological polar surface area (TPSA) is 129 Å². The average Bonchev–Trinajstić information content (AvgIpc) is 3.01. The number of anilines is 1. The van der Waals surface area contributed by atoms with E-state index in [1.54, 1.807) is 24.3 Å². The summed E-state index contributed by atoms with van der Waals surface area (Å²) in [6, 6.07) is 28.4. The summed E-state index contributed by atoms with van der Waals surface area (Å²) in [5, 5.41) is 18.2. The Morgan fingerprint density at radius 1 is 0.636 bits per heavy atom. The molecule has 1 amide bonds. The zero-order chi connectivity index (χ0) is 32.3. The normalized spacial score (nSPS) is 11.8. The summed E-state index contributed by atoms with van der Waals surface area (Å²) in [6.07, 6.45) is 2.54. The van der Waals surface area contributed by atoms with Gasteiger partial charge in [-0.25, -0.2) is 0 Å². The van der Waals surface area contributed by atoms with E-state index in [0.29, 0.717) is 36.5 Å². The molecule has 0 saturated heterocycles. The molecular weight excluding hydrogens is 599 g/mol. The molecule has 3 rings (SSSR count). The first-order valence-electron chi connectivity index (χ1n) is 14.2. The Morgan fingerprint density at radius 3 is 1.45 bits per heavy atom. The second-order valence-corrected chi connectivity index (χ2v) is 12.4. The molecule has 2 atom stereocenters. The summed E-state index contributed by atoms with van der Waals surface area (Å²) in [7, 11) is 0. The average molecular weight is 638 g/mol. The Morgan fingerprint density at radius 2 is 1.05 bits per heavy atom. The lowest BCUT2D eigenvalue weighted by atomic mass is 9.99. The van der Waals surface area contributed by atoms with E-state index < -0.39 is 30.3 Å². The van der Waals surface area contributed by atoms with E-state index in [9.17, 15) is 29.1 Å². The number of aryl methyl sites for hydroxylation is 2. The Hall–Kier alpha value is -3.89. The van der Waals surface area contributed by atoms with Crippen molar-refractivity contribution in [2.45, 2.75) is 39.5 Å². The molecule has 44 heavy (non-hydrogen) atoms. The van der Waals surface area contributed by atoms with Gasteiger partial charge in [0, 0.05) is 37.0 Å². The molecule has 0 aliphatic carbocycles. The zero-order valence-corrected chi connectivity index (χ0v) is 26.6. The smallest absolute Gasteiger partial charge is 0.323 e. The fourth-order valence-electron chi connectivity index (χ4n) is 4.22. The molecule has 2 N–H and O–H groups in total. The number of carbonyl (C=O) groups is 5. The number of amides is 1. The first-order valence-corrected chi connectivity index (χ1v) is 16.2. The van der Waals surface area contributed by atoms with E-state index in [2.05, 4.69) is 0 Å². The van der Waals surface area contributed by atoms with E-state index in [1.807, 2.05) is 66.7 Å². The molecule has 3 aromatic rings. The summed E-state index contributed by atoms with van der Waals surface area (Å²) in [5.41, 5.74) is 2.78. The lowest BCUT2D eigenvalue weighted by Gasteiger charge is -2.26. The molecule has 2 unspecified atom stereocenters. The van der Waals surface area contributed by atoms with Gasteiger partial charge in [-0.2, -0.15) is 0 Å². The van der Waals surface area contributed by atoms with Crippen LogP contribution >= 0.6 is 23.5 Å². The zero-order valence-electron chi connectivity index (χ0n) is 25.0. The van der Waals surface area contributed by atoms with Crippen LogP contribution in [0.4, 0.5) is 5.69 Å². The number of benzene rings is 3. The molecule has 0 aliphatic heterocycles. The maximum atomic E-state index is 13.2. The van der Waals surface area contributed by atoms with Crippen LogP contribution in [0.15, 0.2) is 91.0 Å². The Kier molecular flexibility index (Phi) is 16.6. The van der Waals surface area contributed by atoms with Crippen LogP contribution in [-0.4, -0.2) is 56.3 Å². The number of rotatable bonds is 15. The van der Waals surface area contributed by atoms with Gasteiger partial charge in [0.2, 0.25) is 5.91 Å². The number of carboxylic acid groups (broad SMARTS) is 2. The van der Waals surface area contributed by atoms with Crippen LogP contribution in [0.25, 0.3) is 0 Å². The molecule has 0 radical (unpaired) electrons. The number of nitrogens with zero attached hydrogens (tertiary/aromatic N) is 1. The molecule has 0 fully saturated rings. The van der Waals surface area contributed by atoms with Gasteiger partial charge in [0.05, 0.1) is 5.92 Å². The van der Waals surface area contributed by atoms with Crippen molar-refractivity contribution in [3.63, 3.8) is 0 Å². The molecule has 0 heterocycles. The van der Waals surface area contributed by atoms with Crippen molar-refractivity contribution >= 4 is 57.3 Å². The predicted molar refractivity (Wildman–Crippen MR) is 177 cm³/mol. The lowest BCUT2D eigenvalue weighted by Crippen LogP contribution is -2.41. The Labute approximate surface area is 267 Å². The molecule has 3 aromatic carbocycles. The molecule has 0 saturated carbocycles. The Bertz CT molecular complexity index is 1340. The van der Waals surface area contributed by atoms with Gasteiger partial charge in [-0.05, 0) is 48.9 Å². The summed E-state index contributed by atoms with van der Waals surface area (Å²) < 4.78 is 0. The van der Waals surface area contributed by atoms with Crippen LogP contribution in [0.2, 0.25) is 0 Å². The van der Waals surface area contributed by atoms with Crippen LogP contribution in [0.5, 0.6) is 0 Å². The van der Waals surface area contributed by atoms with Crippen LogP contribution < -0.4 is 4.90 Å². The van der Waals surface area contributed by atoms with Crippen molar-refractivity contribution in [2.75, 3.05) is 23.0 Å². The van der Waals surface area contributed by atoms with Gasteiger partial charge >= 0.3 is 11.9 Å². The first-order chi connectivity index (χ1) is 21.1. The molecule has 0 aliphatic rings. The van der Waals surface area contributed by atoms with Crippen LogP contribution in [0, 0.1) is 11.8 Å². The second-order valence-electron chi connectivity index (χ2n) is 10.0. The van der Waals surface area contributed by atoms with E-state index >= 15 is 0 Å². The lowest BCUT2D eigenvalue weighted by molar-refractivity contribution is -0.141. The fourth-order valence-corrected chi connectivity index (χ4v) is 5.71. The second kappa shape index (κ2) is 20.1. The molecule has 10 heteroatoms. The number of thioether (sulfide) groups is 2. The fraction of sp³-hybridized carbons (Fsp3) is 0.324. The van der Waals surface area contributed by atoms with Crippen molar-refractivity contribution < 1.29 is 34.2 Å². The van der Waals surface area contributed by atoms with E-state index in [0.717, 1.165) is 41.1 Å². The van der Waals surface area contributed by atoms with Gasteiger partial charge in [-0.1, -0.05) is 102 Å². The molecule has 0 spiro atoms. The minimum Gasteiger partial charge on any atom is -0.481 e. The van der Waals surface area contributed by atoms with Gasteiger partial charge < -0.3 is 15.1 Å². The number of carbonyl (C=O) groups excluding carboxylic acids is 3. The van der Waals surface area contributed by atoms with Gasteiger partial charge in [0.1, 0.15) is 6.54 Å². The largest absolute Gasteiger partial charge is 0.481 e. The number of para-hydroxylation sites is 1. The van der Waals surface area contributed by atoms with E-state index in [1.165, 1.54) is 18.7 Å². The highest BCUT2D eigenvalue weighted by Crippen LogP contribution is 2.23. The van der Waals surface area contributed by atoms with Crippen LogP contribution in [-0.2, 0) is 36.8 Å². The van der Waals surface area contributed by atoms with Crippen molar-refractivity contribution in [3.05, 3.63) is 102 Å². The van der Waals surface area contributed by atoms with Gasteiger partial charge in [-0.3, -0.25) is 24.0 Å². The summed E-state index contributed by atoms with van der Waals surface area (Å²) >= 11 is 2.18. The molecule has 0 bridgehead atoms. The van der Waals surface area contributed by atoms with E-state index in [-0.39, 0.29) is 16.1 Å². The summed E-state index contributed by atoms with van der Waals surface area (Å²) in [6.45, 7) is 2.52. The van der Waals surface area contributed by atoms with Gasteiger partial charge in [0.25, 0.3) is 0 Å². The number of carboxylic acids is 2. The third kappa shape index (κ3) is 14.5. The quantitative estimate of drug-likeness (QED) is 0.199. The minimum atomic E-state index is -1.08. The number of hydrogen-bond donors (Lipinski definition) is 2. The van der Waals surface area contributed by atoms with Crippen LogP contribution in [0.1, 0.15) is 37.8 Å². The molecule has 8 nitrogen and oxygen atoms in total. The van der Waals surface area contributed by atoms with Crippen molar-refractivity contribution in [1.29, 1.82) is 0 Å². The first kappa shape index (κ1) is 36.3. The van der Waals surface area contributed by atoms with Crippen molar-refractivity contribution in [3.8, 4) is 0 Å². The summed E-state index contributed by atoms with van der Waals surface area (Å²) in [5.74, 6) is -2.37. The highest BCUT2D eigenvalue weighted by Gasteiger charge is 2.27. The standard InChI is InChI=1S/C21H23NO4S.C13H16O3S/c1-16(23)27-15-18(13-12-17-8-4-2-5-9-17)21(26)22(14-20(24)25)19-10-6-3-7-11-19;1-10(14)17-9-12(13(15)16)8-7-11-5-3-2-4-6-11/h2-11,18H,12-15H2,1H3,(H,24,25);2-6,12H,7-9H2,1H3,(H,15,16). The maximum absolute atomic E-state index is 13.2. The highest BCUT2D eigenvalue weighted by molar-refractivity contribution is 8.13. The number of hydrogen-bond acceptors (Lipinski definition) is 7. The molecule has 0 aromatic heterocycles. The third-order valence-electron chi connectivity index (χ3n) is 6.55. The molecule has 234 valence electrons. The predicted octanol–water partition coefficient (Wildman–Crippen LogP) is 6.23. The van der Waals surface area contributed by atoms with Gasteiger partial charge in [-0.15, -0.1) is 0 Å². The van der Waals surface area contributed by atoms with Crippen molar-refractivity contribution in [2.24, 2.45) is 11.8 Å². The van der Waals surface area contributed by atoms with Crippen LogP contribution in [0.3, 0.4) is 0 Å².